The molecule has 0 bridgehead atoms. The van der Waals surface area contributed by atoms with E-state index in [1.54, 1.807) is 19.2 Å². The molecule has 1 amide bonds. The van der Waals surface area contributed by atoms with Gasteiger partial charge in [0.15, 0.2) is 11.5 Å². The lowest BCUT2D eigenvalue weighted by atomic mass is 9.91. The van der Waals surface area contributed by atoms with E-state index in [0.29, 0.717) is 30.0 Å². The Labute approximate surface area is 213 Å². The zero-order valence-electron chi connectivity index (χ0n) is 22.1. The summed E-state index contributed by atoms with van der Waals surface area (Å²) in [5.41, 5.74) is 2.73. The Morgan fingerprint density at radius 3 is 2.42 bits per heavy atom. The Kier molecular flexibility index (Phi) is 8.66. The number of hydrogen-bond acceptors (Lipinski definition) is 6. The number of aryl methyl sites for hydroxylation is 1. The molecule has 1 aliphatic rings. The first-order chi connectivity index (χ1) is 17.2. The van der Waals surface area contributed by atoms with Crippen molar-refractivity contribution in [3.63, 3.8) is 0 Å². The van der Waals surface area contributed by atoms with Crippen LogP contribution in [0.2, 0.25) is 0 Å². The van der Waals surface area contributed by atoms with Crippen LogP contribution in [0.3, 0.4) is 0 Å². The molecule has 0 radical (unpaired) electrons. The number of aromatic hydroxyl groups is 1. The van der Waals surface area contributed by atoms with Crippen molar-refractivity contribution in [2.75, 3.05) is 20.3 Å². The number of carbonyl (C=O) groups excluding carboxylic acids is 2. The van der Waals surface area contributed by atoms with Gasteiger partial charge in [0.2, 0.25) is 0 Å². The van der Waals surface area contributed by atoms with Crippen LogP contribution in [0.1, 0.15) is 81.2 Å². The first-order valence-electron chi connectivity index (χ1n) is 12.6. The SMILES string of the molecule is CCCCCN1C(=O)C(=O)/C(=C(/O)c2cc(C(C)C)c(OC)cc2C)C1c1ccc(O)c(OCC)c1. The van der Waals surface area contributed by atoms with Gasteiger partial charge < -0.3 is 24.6 Å². The van der Waals surface area contributed by atoms with Gasteiger partial charge in [-0.2, -0.15) is 0 Å². The average Bonchev–Trinajstić information content (AvgIpc) is 3.10. The van der Waals surface area contributed by atoms with Gasteiger partial charge in [0.25, 0.3) is 11.7 Å². The topological polar surface area (TPSA) is 96.3 Å². The normalized spacial score (nSPS) is 17.2. The number of aliphatic hydroxyl groups excluding tert-OH is 1. The lowest BCUT2D eigenvalue weighted by molar-refractivity contribution is -0.139. The standard InChI is InChI=1S/C29H37NO6/c1-7-9-10-13-30-26(19-11-12-22(31)24(15-19)36-8-2)25(28(33)29(30)34)27(32)21-16-20(17(3)4)23(35-6)14-18(21)5/h11-12,14-17,26,31-32H,7-10,13H2,1-6H3/b27-25+. The third kappa shape index (κ3) is 5.20. The number of phenolic OH excluding ortho intramolecular Hbond substituents is 1. The van der Waals surface area contributed by atoms with Crippen molar-refractivity contribution in [2.45, 2.75) is 65.8 Å². The molecular formula is C29H37NO6. The number of nitrogens with zero attached hydrogens (tertiary/aromatic N) is 1. The predicted molar refractivity (Wildman–Crippen MR) is 140 cm³/mol. The van der Waals surface area contributed by atoms with Crippen molar-refractivity contribution in [1.29, 1.82) is 0 Å². The summed E-state index contributed by atoms with van der Waals surface area (Å²) in [6.07, 6.45) is 2.60. The van der Waals surface area contributed by atoms with Crippen molar-refractivity contribution >= 4 is 17.4 Å². The highest BCUT2D eigenvalue weighted by Crippen LogP contribution is 2.43. The lowest BCUT2D eigenvalue weighted by Crippen LogP contribution is -2.30. The number of carbonyl (C=O) groups is 2. The summed E-state index contributed by atoms with van der Waals surface area (Å²) in [4.78, 5) is 28.1. The van der Waals surface area contributed by atoms with Crippen LogP contribution in [-0.2, 0) is 9.59 Å². The summed E-state index contributed by atoms with van der Waals surface area (Å²) in [5, 5.41) is 21.8. The molecule has 1 atom stereocenters. The molecule has 2 N–H and O–H groups in total. The number of unbranched alkanes of at least 4 members (excludes halogenated alkanes) is 2. The Hall–Kier alpha value is -3.48. The number of aliphatic hydroxyl groups is 1. The van der Waals surface area contributed by atoms with E-state index in [-0.39, 0.29) is 28.7 Å². The Morgan fingerprint density at radius 1 is 1.08 bits per heavy atom. The van der Waals surface area contributed by atoms with Crippen LogP contribution in [0.15, 0.2) is 35.9 Å². The number of amides is 1. The molecule has 7 nitrogen and oxygen atoms in total. The molecule has 1 aliphatic heterocycles. The Balaban J connectivity index is 2.24. The number of methoxy groups -OCH3 is 1. The second kappa shape index (κ2) is 11.5. The number of ketones is 1. The Bertz CT molecular complexity index is 1170. The van der Waals surface area contributed by atoms with Crippen LogP contribution in [0.4, 0.5) is 0 Å². The highest BCUT2D eigenvalue weighted by Gasteiger charge is 2.46. The second-order valence-corrected chi connectivity index (χ2v) is 9.42. The number of ether oxygens (including phenoxy) is 2. The first kappa shape index (κ1) is 27.1. The van der Waals surface area contributed by atoms with Gasteiger partial charge in [0, 0.05) is 12.1 Å². The molecule has 3 rings (SSSR count). The van der Waals surface area contributed by atoms with Crippen LogP contribution in [0.5, 0.6) is 17.2 Å². The maximum absolute atomic E-state index is 13.4. The van der Waals surface area contributed by atoms with Crippen LogP contribution in [-0.4, -0.2) is 47.1 Å². The summed E-state index contributed by atoms with van der Waals surface area (Å²) in [6, 6.07) is 7.65. The molecule has 0 aliphatic carbocycles. The third-order valence-electron chi connectivity index (χ3n) is 6.60. The number of benzene rings is 2. The van der Waals surface area contributed by atoms with Crippen molar-refractivity contribution in [2.24, 2.45) is 0 Å². The molecule has 36 heavy (non-hydrogen) atoms. The molecule has 2 aromatic carbocycles. The summed E-state index contributed by atoms with van der Waals surface area (Å²) in [5.74, 6) is -0.529. The van der Waals surface area contributed by atoms with Gasteiger partial charge in [0.1, 0.15) is 11.5 Å². The molecular weight excluding hydrogens is 458 g/mol. The maximum atomic E-state index is 13.4. The zero-order chi connectivity index (χ0) is 26.6. The van der Waals surface area contributed by atoms with Gasteiger partial charge in [-0.15, -0.1) is 0 Å². The van der Waals surface area contributed by atoms with Crippen LogP contribution in [0.25, 0.3) is 5.76 Å². The van der Waals surface area contributed by atoms with Crippen molar-refractivity contribution in [3.05, 3.63) is 58.2 Å². The number of phenols is 1. The van der Waals surface area contributed by atoms with E-state index in [0.717, 1.165) is 30.4 Å². The van der Waals surface area contributed by atoms with E-state index in [2.05, 4.69) is 6.92 Å². The largest absolute Gasteiger partial charge is 0.507 e. The minimum atomic E-state index is -0.800. The fourth-order valence-electron chi connectivity index (χ4n) is 4.69. The summed E-state index contributed by atoms with van der Waals surface area (Å²) in [6.45, 7) is 10.5. The molecule has 0 aromatic heterocycles. The van der Waals surface area contributed by atoms with Gasteiger partial charge in [-0.3, -0.25) is 9.59 Å². The first-order valence-corrected chi connectivity index (χ1v) is 12.6. The van der Waals surface area contributed by atoms with Crippen LogP contribution >= 0.6 is 0 Å². The van der Waals surface area contributed by atoms with Gasteiger partial charge in [0.05, 0.1) is 25.3 Å². The van der Waals surface area contributed by atoms with Crippen molar-refractivity contribution in [3.8, 4) is 17.2 Å². The number of Topliss-reactive ketones (excluding diaryl/α,β-unsaturated/α-hetero) is 1. The molecule has 0 saturated carbocycles. The van der Waals surface area contributed by atoms with E-state index >= 15 is 0 Å². The van der Waals surface area contributed by atoms with E-state index < -0.39 is 17.7 Å². The monoisotopic (exact) mass is 495 g/mol. The van der Waals surface area contributed by atoms with Gasteiger partial charge in [-0.05, 0) is 67.1 Å². The van der Waals surface area contributed by atoms with Crippen LogP contribution < -0.4 is 9.47 Å². The third-order valence-corrected chi connectivity index (χ3v) is 6.60. The molecule has 0 spiro atoms. The van der Waals surface area contributed by atoms with Gasteiger partial charge in [-0.25, -0.2) is 0 Å². The van der Waals surface area contributed by atoms with E-state index in [1.165, 1.54) is 11.0 Å². The quantitative estimate of drug-likeness (QED) is 0.186. The number of rotatable bonds is 10. The minimum absolute atomic E-state index is 0.0314. The number of hydrogen-bond donors (Lipinski definition) is 2. The molecule has 194 valence electrons. The van der Waals surface area contributed by atoms with E-state index in [4.69, 9.17) is 9.47 Å². The molecule has 1 unspecified atom stereocenters. The van der Waals surface area contributed by atoms with Crippen molar-refractivity contribution < 1.29 is 29.3 Å². The molecule has 1 saturated heterocycles. The fourth-order valence-corrected chi connectivity index (χ4v) is 4.69. The fraction of sp³-hybridized carbons (Fsp3) is 0.448. The maximum Gasteiger partial charge on any atom is 0.295 e. The van der Waals surface area contributed by atoms with Gasteiger partial charge >= 0.3 is 0 Å². The summed E-state index contributed by atoms with van der Waals surface area (Å²) < 4.78 is 11.1. The molecule has 2 aromatic rings. The Morgan fingerprint density at radius 2 is 1.81 bits per heavy atom. The smallest absolute Gasteiger partial charge is 0.295 e. The zero-order valence-corrected chi connectivity index (χ0v) is 22.1. The summed E-state index contributed by atoms with van der Waals surface area (Å²) in [7, 11) is 1.60. The summed E-state index contributed by atoms with van der Waals surface area (Å²) >= 11 is 0. The van der Waals surface area contributed by atoms with Gasteiger partial charge in [-0.1, -0.05) is 39.7 Å². The second-order valence-electron chi connectivity index (χ2n) is 9.42. The molecule has 1 fully saturated rings. The highest BCUT2D eigenvalue weighted by atomic mass is 16.5. The van der Waals surface area contributed by atoms with Crippen molar-refractivity contribution in [1.82, 2.24) is 4.90 Å². The van der Waals surface area contributed by atoms with E-state index in [9.17, 15) is 19.8 Å². The van der Waals surface area contributed by atoms with E-state index in [1.807, 2.05) is 39.8 Å². The molecule has 7 heteroatoms. The highest BCUT2D eigenvalue weighted by molar-refractivity contribution is 6.46. The minimum Gasteiger partial charge on any atom is -0.507 e. The lowest BCUT2D eigenvalue weighted by Gasteiger charge is -2.26. The molecule has 1 heterocycles. The number of likely N-dealkylation sites (tertiary alicyclic amines) is 1. The average molecular weight is 496 g/mol. The van der Waals surface area contributed by atoms with Crippen LogP contribution in [0, 0.1) is 6.92 Å². The predicted octanol–water partition coefficient (Wildman–Crippen LogP) is 5.84.